The molecule has 0 spiro atoms. The molecule has 5 nitrogen and oxygen atoms in total. The molecule has 2 atom stereocenters. The highest BCUT2D eigenvalue weighted by molar-refractivity contribution is 6.32. The molecule has 1 aromatic rings. The number of hydrogen-bond acceptors (Lipinski definition) is 4. The van der Waals surface area contributed by atoms with E-state index in [0.29, 0.717) is 35.9 Å². The summed E-state index contributed by atoms with van der Waals surface area (Å²) in [5.41, 5.74) is 1.08. The molecule has 3 rings (SSSR count). The number of amides is 1. The van der Waals surface area contributed by atoms with Gasteiger partial charge >= 0.3 is 0 Å². The fourth-order valence-electron chi connectivity index (χ4n) is 3.25. The van der Waals surface area contributed by atoms with Crippen LogP contribution in [0, 0.1) is 5.92 Å². The lowest BCUT2D eigenvalue weighted by atomic mass is 9.93. The number of rotatable bonds is 3. The third kappa shape index (κ3) is 3.72. The Morgan fingerprint density at radius 2 is 2.17 bits per heavy atom. The van der Waals surface area contributed by atoms with Crippen LogP contribution in [-0.4, -0.2) is 43.2 Å². The Kier molecular flexibility index (Phi) is 4.97. The normalized spacial score (nSPS) is 23.7. The molecule has 6 heteroatoms. The number of benzene rings is 1. The van der Waals surface area contributed by atoms with E-state index < -0.39 is 0 Å². The topological polar surface area (TPSA) is 50.8 Å². The summed E-state index contributed by atoms with van der Waals surface area (Å²) in [6, 6.07) is 4.32. The summed E-state index contributed by atoms with van der Waals surface area (Å²) in [5.74, 6) is 1.96. The average molecular weight is 339 g/mol. The predicted molar refractivity (Wildman–Crippen MR) is 89.1 cm³/mol. The van der Waals surface area contributed by atoms with Gasteiger partial charge in [0, 0.05) is 32.6 Å². The maximum absolute atomic E-state index is 11.5. The van der Waals surface area contributed by atoms with Gasteiger partial charge < -0.3 is 19.7 Å². The zero-order chi connectivity index (χ0) is 16.4. The van der Waals surface area contributed by atoms with E-state index in [9.17, 15) is 4.79 Å². The largest absolute Gasteiger partial charge is 0.486 e. The minimum absolute atomic E-state index is 0.161. The van der Waals surface area contributed by atoms with Crippen molar-refractivity contribution in [3.63, 3.8) is 0 Å². The SMILES string of the molecule is CC(=O)N1CC[C@H](NCc2cc(Cl)c3c(c2)OCCO3)[C@@H](C)C1. The van der Waals surface area contributed by atoms with Crippen LogP contribution in [0.25, 0.3) is 0 Å². The smallest absolute Gasteiger partial charge is 0.219 e. The molecular weight excluding hydrogens is 316 g/mol. The first-order valence-electron chi connectivity index (χ1n) is 8.11. The van der Waals surface area contributed by atoms with Crippen LogP contribution < -0.4 is 14.8 Å². The molecule has 1 saturated heterocycles. The van der Waals surface area contributed by atoms with Crippen LogP contribution >= 0.6 is 11.6 Å². The Labute approximate surface area is 141 Å². The van der Waals surface area contributed by atoms with Crippen LogP contribution in [0.15, 0.2) is 12.1 Å². The van der Waals surface area contributed by atoms with Crippen molar-refractivity contribution < 1.29 is 14.3 Å². The van der Waals surface area contributed by atoms with Crippen LogP contribution in [0.5, 0.6) is 11.5 Å². The van der Waals surface area contributed by atoms with Crippen molar-refractivity contribution in [2.45, 2.75) is 32.9 Å². The number of carbonyl (C=O) groups excluding carboxylic acids is 1. The molecule has 2 heterocycles. The van der Waals surface area contributed by atoms with Crippen molar-refractivity contribution in [2.24, 2.45) is 5.92 Å². The van der Waals surface area contributed by atoms with Crippen molar-refractivity contribution in [3.8, 4) is 11.5 Å². The highest BCUT2D eigenvalue weighted by Crippen LogP contribution is 2.38. The lowest BCUT2D eigenvalue weighted by molar-refractivity contribution is -0.130. The maximum Gasteiger partial charge on any atom is 0.219 e. The number of ether oxygens (including phenoxy) is 2. The second-order valence-corrected chi connectivity index (χ2v) is 6.73. The fourth-order valence-corrected chi connectivity index (χ4v) is 3.54. The molecule has 23 heavy (non-hydrogen) atoms. The summed E-state index contributed by atoms with van der Waals surface area (Å²) < 4.78 is 11.2. The van der Waals surface area contributed by atoms with Gasteiger partial charge in [0.1, 0.15) is 13.2 Å². The van der Waals surface area contributed by atoms with E-state index in [2.05, 4.69) is 12.2 Å². The van der Waals surface area contributed by atoms with Crippen molar-refractivity contribution in [3.05, 3.63) is 22.7 Å². The summed E-state index contributed by atoms with van der Waals surface area (Å²) >= 11 is 6.27. The molecule has 1 aromatic carbocycles. The van der Waals surface area contributed by atoms with Gasteiger partial charge in [-0.25, -0.2) is 0 Å². The van der Waals surface area contributed by atoms with E-state index in [1.807, 2.05) is 17.0 Å². The summed E-state index contributed by atoms with van der Waals surface area (Å²) in [6.07, 6.45) is 0.971. The highest BCUT2D eigenvalue weighted by Gasteiger charge is 2.27. The molecule has 1 amide bonds. The lowest BCUT2D eigenvalue weighted by Crippen LogP contribution is -2.49. The van der Waals surface area contributed by atoms with E-state index in [1.54, 1.807) is 6.92 Å². The van der Waals surface area contributed by atoms with E-state index in [4.69, 9.17) is 21.1 Å². The molecule has 126 valence electrons. The van der Waals surface area contributed by atoms with Crippen LogP contribution in [0.1, 0.15) is 25.8 Å². The van der Waals surface area contributed by atoms with Gasteiger partial charge in [-0.2, -0.15) is 0 Å². The number of hydrogen-bond donors (Lipinski definition) is 1. The number of nitrogens with zero attached hydrogens (tertiary/aromatic N) is 1. The number of halogens is 1. The monoisotopic (exact) mass is 338 g/mol. The van der Waals surface area contributed by atoms with E-state index in [0.717, 1.165) is 37.4 Å². The molecule has 2 aliphatic heterocycles. The first-order chi connectivity index (χ1) is 11.0. The quantitative estimate of drug-likeness (QED) is 0.919. The number of carbonyl (C=O) groups is 1. The predicted octanol–water partition coefficient (Wildman–Crippen LogP) is 2.46. The zero-order valence-corrected chi connectivity index (χ0v) is 14.4. The van der Waals surface area contributed by atoms with Gasteiger partial charge in [-0.3, -0.25) is 4.79 Å². The molecule has 0 unspecified atom stereocenters. The van der Waals surface area contributed by atoms with Crippen LogP contribution in [0.4, 0.5) is 0 Å². The highest BCUT2D eigenvalue weighted by atomic mass is 35.5. The second-order valence-electron chi connectivity index (χ2n) is 6.32. The molecule has 0 radical (unpaired) electrons. The molecule has 0 aliphatic carbocycles. The molecule has 0 saturated carbocycles. The molecule has 2 aliphatic rings. The first-order valence-corrected chi connectivity index (χ1v) is 8.49. The lowest BCUT2D eigenvalue weighted by Gasteiger charge is -2.37. The Morgan fingerprint density at radius 3 is 2.91 bits per heavy atom. The van der Waals surface area contributed by atoms with Gasteiger partial charge in [0.15, 0.2) is 11.5 Å². The first kappa shape index (κ1) is 16.4. The Balaban J connectivity index is 1.60. The van der Waals surface area contributed by atoms with Crippen molar-refractivity contribution in [1.82, 2.24) is 10.2 Å². The van der Waals surface area contributed by atoms with Gasteiger partial charge in [0.25, 0.3) is 0 Å². The average Bonchev–Trinajstić information content (AvgIpc) is 2.53. The van der Waals surface area contributed by atoms with Gasteiger partial charge in [-0.05, 0) is 30.0 Å². The zero-order valence-electron chi connectivity index (χ0n) is 13.6. The summed E-state index contributed by atoms with van der Waals surface area (Å²) in [6.45, 7) is 7.28. The Bertz CT molecular complexity index is 593. The van der Waals surface area contributed by atoms with Crippen molar-refractivity contribution in [1.29, 1.82) is 0 Å². The minimum Gasteiger partial charge on any atom is -0.486 e. The minimum atomic E-state index is 0.161. The van der Waals surface area contributed by atoms with Crippen LogP contribution in [0.3, 0.4) is 0 Å². The summed E-state index contributed by atoms with van der Waals surface area (Å²) in [5, 5.41) is 4.18. The Hall–Kier alpha value is -1.46. The maximum atomic E-state index is 11.5. The number of fused-ring (bicyclic) bond motifs is 1. The van der Waals surface area contributed by atoms with E-state index in [-0.39, 0.29) is 5.91 Å². The number of likely N-dealkylation sites (tertiary alicyclic amines) is 1. The molecular formula is C17H23ClN2O3. The third-order valence-electron chi connectivity index (χ3n) is 4.58. The fraction of sp³-hybridized carbons (Fsp3) is 0.588. The number of nitrogens with one attached hydrogen (secondary N) is 1. The van der Waals surface area contributed by atoms with Crippen LogP contribution in [0.2, 0.25) is 5.02 Å². The molecule has 0 bridgehead atoms. The van der Waals surface area contributed by atoms with Gasteiger partial charge in [-0.15, -0.1) is 0 Å². The van der Waals surface area contributed by atoms with Gasteiger partial charge in [0.2, 0.25) is 5.91 Å². The third-order valence-corrected chi connectivity index (χ3v) is 4.86. The van der Waals surface area contributed by atoms with E-state index in [1.165, 1.54) is 0 Å². The van der Waals surface area contributed by atoms with Crippen LogP contribution in [-0.2, 0) is 11.3 Å². The van der Waals surface area contributed by atoms with Crippen molar-refractivity contribution >= 4 is 17.5 Å². The summed E-state index contributed by atoms with van der Waals surface area (Å²) in [4.78, 5) is 13.4. The Morgan fingerprint density at radius 1 is 1.39 bits per heavy atom. The van der Waals surface area contributed by atoms with Gasteiger partial charge in [-0.1, -0.05) is 18.5 Å². The molecule has 1 N–H and O–H groups in total. The molecule has 1 fully saturated rings. The second kappa shape index (κ2) is 6.97. The van der Waals surface area contributed by atoms with Crippen molar-refractivity contribution in [2.75, 3.05) is 26.3 Å². The standard InChI is InChI=1S/C17H23ClN2O3/c1-11-10-20(12(2)21)4-3-15(11)19-9-13-7-14(18)17-16(8-13)22-5-6-23-17/h7-8,11,15,19H,3-6,9-10H2,1-2H3/t11-,15-/m0/s1. The summed E-state index contributed by atoms with van der Waals surface area (Å²) in [7, 11) is 0. The molecule has 0 aromatic heterocycles. The van der Waals surface area contributed by atoms with Gasteiger partial charge in [0.05, 0.1) is 5.02 Å². The number of piperidine rings is 1. The van der Waals surface area contributed by atoms with E-state index >= 15 is 0 Å².